The number of aliphatic imine (C=N–C) groups is 1. The summed E-state index contributed by atoms with van der Waals surface area (Å²) in [6.07, 6.45) is 0. The van der Waals surface area contributed by atoms with Gasteiger partial charge in [0.25, 0.3) is 0 Å². The van der Waals surface area contributed by atoms with Gasteiger partial charge in [-0.2, -0.15) is 0 Å². The Morgan fingerprint density at radius 3 is 2.60 bits per heavy atom. The van der Waals surface area contributed by atoms with E-state index in [1.807, 2.05) is 0 Å². The van der Waals surface area contributed by atoms with Crippen LogP contribution in [-0.2, 0) is 5.75 Å². The summed E-state index contributed by atoms with van der Waals surface area (Å²) in [7, 11) is 4.15. The number of aryl methyl sites for hydroxylation is 1. The van der Waals surface area contributed by atoms with Crippen LogP contribution in [0.5, 0.6) is 0 Å². The average molecular weight is 307 g/mol. The molecule has 0 atom stereocenters. The van der Waals surface area contributed by atoms with E-state index in [1.54, 1.807) is 11.8 Å². The van der Waals surface area contributed by atoms with E-state index < -0.39 is 0 Å². The van der Waals surface area contributed by atoms with E-state index in [0.717, 1.165) is 15.9 Å². The molecular formula is C15H21N3S2. The van der Waals surface area contributed by atoms with Crippen LogP contribution >= 0.6 is 24.0 Å². The molecule has 1 heterocycles. The smallest absolute Gasteiger partial charge is 0.163 e. The molecule has 0 fully saturated rings. The van der Waals surface area contributed by atoms with Crippen LogP contribution in [0.3, 0.4) is 0 Å². The lowest BCUT2D eigenvalue weighted by atomic mass is 10.1. The third-order valence-corrected chi connectivity index (χ3v) is 4.88. The maximum Gasteiger partial charge on any atom is 0.163 e. The molecule has 1 N–H and O–H groups in total. The van der Waals surface area contributed by atoms with Gasteiger partial charge in [0, 0.05) is 25.5 Å². The van der Waals surface area contributed by atoms with Crippen molar-refractivity contribution in [3.05, 3.63) is 29.3 Å². The zero-order chi connectivity index (χ0) is 14.9. The number of benzene rings is 1. The Hall–Kier alpha value is -1.07. The number of nitrogens with one attached hydrogen (secondary N) is 1. The first kappa shape index (κ1) is 15.3. The van der Waals surface area contributed by atoms with Gasteiger partial charge in [0.15, 0.2) is 5.17 Å². The van der Waals surface area contributed by atoms with Crippen LogP contribution in [0.2, 0.25) is 0 Å². The van der Waals surface area contributed by atoms with E-state index in [2.05, 4.69) is 68.3 Å². The molecule has 0 saturated carbocycles. The topological polar surface area (TPSA) is 27.6 Å². The molecule has 3 nitrogen and oxygen atoms in total. The third-order valence-electron chi connectivity index (χ3n) is 3.38. The quantitative estimate of drug-likeness (QED) is 0.867. The molecule has 1 aliphatic heterocycles. The van der Waals surface area contributed by atoms with Crippen LogP contribution in [-0.4, -0.2) is 29.8 Å². The molecule has 108 valence electrons. The van der Waals surface area contributed by atoms with E-state index in [-0.39, 0.29) is 5.54 Å². The maximum atomic E-state index is 5.28. The molecule has 0 aromatic heterocycles. The summed E-state index contributed by atoms with van der Waals surface area (Å²) in [5.74, 6) is 0.894. The van der Waals surface area contributed by atoms with Gasteiger partial charge in [-0.25, -0.2) is 4.99 Å². The molecule has 0 radical (unpaired) electrons. The monoisotopic (exact) mass is 307 g/mol. The van der Waals surface area contributed by atoms with Crippen molar-refractivity contribution in [1.29, 1.82) is 0 Å². The second-order valence-corrected chi connectivity index (χ2v) is 7.08. The number of hydrogen-bond acceptors (Lipinski definition) is 4. The zero-order valence-electron chi connectivity index (χ0n) is 12.7. The van der Waals surface area contributed by atoms with E-state index in [4.69, 9.17) is 12.2 Å². The van der Waals surface area contributed by atoms with Crippen molar-refractivity contribution < 1.29 is 0 Å². The minimum absolute atomic E-state index is 0.201. The summed E-state index contributed by atoms with van der Waals surface area (Å²) in [5.41, 5.74) is 3.72. The SMILES string of the molecule is Cc1cccc(N(C)C)c1CSC1=NC(=S)C(C)(C)N1. The number of thiocarbonyl (C=S) groups is 1. The molecule has 0 amide bonds. The van der Waals surface area contributed by atoms with Gasteiger partial charge in [-0.15, -0.1) is 0 Å². The summed E-state index contributed by atoms with van der Waals surface area (Å²) in [6, 6.07) is 6.41. The Kier molecular flexibility index (Phi) is 4.39. The summed E-state index contributed by atoms with van der Waals surface area (Å²) in [5, 5.41) is 4.30. The van der Waals surface area contributed by atoms with Crippen LogP contribution in [0.1, 0.15) is 25.0 Å². The van der Waals surface area contributed by atoms with Gasteiger partial charge in [0.2, 0.25) is 0 Å². The Bertz CT molecular complexity index is 562. The van der Waals surface area contributed by atoms with Gasteiger partial charge in [0.1, 0.15) is 4.99 Å². The number of nitrogens with zero attached hydrogens (tertiary/aromatic N) is 2. The third kappa shape index (κ3) is 3.15. The van der Waals surface area contributed by atoms with E-state index in [1.165, 1.54) is 16.8 Å². The van der Waals surface area contributed by atoms with Gasteiger partial charge in [-0.05, 0) is 38.0 Å². The first-order valence-corrected chi connectivity index (χ1v) is 8.00. The van der Waals surface area contributed by atoms with Crippen molar-refractivity contribution >= 4 is 39.8 Å². The van der Waals surface area contributed by atoms with Gasteiger partial charge in [-0.1, -0.05) is 36.1 Å². The van der Waals surface area contributed by atoms with Crippen LogP contribution in [0, 0.1) is 6.92 Å². The van der Waals surface area contributed by atoms with E-state index in [9.17, 15) is 0 Å². The highest BCUT2D eigenvalue weighted by molar-refractivity contribution is 8.13. The van der Waals surface area contributed by atoms with Crippen molar-refractivity contribution in [2.24, 2.45) is 4.99 Å². The molecular weight excluding hydrogens is 286 g/mol. The highest BCUT2D eigenvalue weighted by Gasteiger charge is 2.30. The fourth-order valence-corrected chi connectivity index (χ4v) is 3.42. The minimum Gasteiger partial charge on any atom is -0.377 e. The lowest BCUT2D eigenvalue weighted by Crippen LogP contribution is -2.40. The molecule has 0 aliphatic carbocycles. The molecule has 1 aliphatic rings. The lowest BCUT2D eigenvalue weighted by molar-refractivity contribution is 0.644. The highest BCUT2D eigenvalue weighted by Crippen LogP contribution is 2.28. The highest BCUT2D eigenvalue weighted by atomic mass is 32.2. The van der Waals surface area contributed by atoms with Crippen LogP contribution < -0.4 is 10.2 Å². The first-order chi connectivity index (χ1) is 9.31. The second kappa shape index (κ2) is 5.74. The molecule has 0 spiro atoms. The fourth-order valence-electron chi connectivity index (χ4n) is 2.08. The Morgan fingerprint density at radius 1 is 1.35 bits per heavy atom. The van der Waals surface area contributed by atoms with Crippen molar-refractivity contribution in [3.8, 4) is 0 Å². The lowest BCUT2D eigenvalue weighted by Gasteiger charge is -2.20. The van der Waals surface area contributed by atoms with Crippen molar-refractivity contribution in [1.82, 2.24) is 5.32 Å². The molecule has 0 bridgehead atoms. The van der Waals surface area contributed by atoms with Crippen molar-refractivity contribution in [3.63, 3.8) is 0 Å². The Balaban J connectivity index is 2.13. The summed E-state index contributed by atoms with van der Waals surface area (Å²) < 4.78 is 0. The number of rotatable bonds is 3. The average Bonchev–Trinajstić information content (AvgIpc) is 2.61. The molecule has 0 unspecified atom stereocenters. The van der Waals surface area contributed by atoms with Crippen LogP contribution in [0.25, 0.3) is 0 Å². The van der Waals surface area contributed by atoms with Gasteiger partial charge >= 0.3 is 0 Å². The molecule has 0 saturated heterocycles. The first-order valence-electron chi connectivity index (χ1n) is 6.61. The number of thioether (sulfide) groups is 1. The Morgan fingerprint density at radius 2 is 2.05 bits per heavy atom. The van der Waals surface area contributed by atoms with Crippen molar-refractivity contribution in [2.45, 2.75) is 32.1 Å². The van der Waals surface area contributed by atoms with Gasteiger partial charge in [-0.3, -0.25) is 0 Å². The second-order valence-electron chi connectivity index (χ2n) is 5.73. The maximum absolute atomic E-state index is 5.28. The van der Waals surface area contributed by atoms with Crippen LogP contribution in [0.4, 0.5) is 5.69 Å². The molecule has 1 aromatic carbocycles. The van der Waals surface area contributed by atoms with Gasteiger partial charge < -0.3 is 10.2 Å². The van der Waals surface area contributed by atoms with E-state index >= 15 is 0 Å². The molecule has 1 aromatic rings. The predicted molar refractivity (Wildman–Crippen MR) is 94.0 cm³/mol. The summed E-state index contributed by atoms with van der Waals surface area (Å²) >= 11 is 7.00. The number of hydrogen-bond donors (Lipinski definition) is 1. The minimum atomic E-state index is -0.201. The largest absolute Gasteiger partial charge is 0.377 e. The van der Waals surface area contributed by atoms with Crippen molar-refractivity contribution in [2.75, 3.05) is 19.0 Å². The summed E-state index contributed by atoms with van der Waals surface area (Å²) in [6.45, 7) is 6.28. The van der Waals surface area contributed by atoms with Gasteiger partial charge in [0.05, 0.1) is 5.54 Å². The van der Waals surface area contributed by atoms with E-state index in [0.29, 0.717) is 0 Å². The summed E-state index contributed by atoms with van der Waals surface area (Å²) in [4.78, 5) is 7.33. The number of amidine groups is 1. The predicted octanol–water partition coefficient (Wildman–Crippen LogP) is 3.36. The standard InChI is InChI=1S/C15H21N3S2/c1-10-7-6-8-12(18(4)5)11(10)9-20-14-16-13(19)15(2,3)17-14/h6-8H,9H2,1-5H3,(H,16,17,19). The number of anilines is 1. The molecule has 5 heteroatoms. The molecule has 2 rings (SSSR count). The normalized spacial score (nSPS) is 16.9. The fraction of sp³-hybridized carbons (Fsp3) is 0.467. The zero-order valence-corrected chi connectivity index (χ0v) is 14.3. The Labute approximate surface area is 130 Å². The van der Waals surface area contributed by atoms with Crippen LogP contribution in [0.15, 0.2) is 23.2 Å². The molecule has 20 heavy (non-hydrogen) atoms.